The van der Waals surface area contributed by atoms with Gasteiger partial charge in [-0.1, -0.05) is 55.9 Å². The number of aliphatic carboxylic acids is 1. The Bertz CT molecular complexity index is 686. The Hall–Kier alpha value is -1.51. The SMILES string of the molecule is C/C=C\N[C@H](CS)C(=O)O.CCCCCCCC[S+]([O-])C(C)Cc1ccc2c(c1)OCO2. The van der Waals surface area contributed by atoms with Gasteiger partial charge >= 0.3 is 5.97 Å². The smallest absolute Gasteiger partial charge is 0.326 e. The molecular weight excluding hydrogens is 446 g/mol. The Morgan fingerprint density at radius 1 is 1.25 bits per heavy atom. The van der Waals surface area contributed by atoms with Gasteiger partial charge in [-0.3, -0.25) is 0 Å². The molecule has 32 heavy (non-hydrogen) atoms. The van der Waals surface area contributed by atoms with Crippen molar-refractivity contribution in [3.8, 4) is 11.5 Å². The van der Waals surface area contributed by atoms with E-state index in [-0.39, 0.29) is 5.25 Å². The van der Waals surface area contributed by atoms with Gasteiger partial charge in [-0.15, -0.1) is 0 Å². The molecule has 0 spiro atoms. The van der Waals surface area contributed by atoms with Crippen LogP contribution in [0.25, 0.3) is 0 Å². The van der Waals surface area contributed by atoms with Crippen molar-refractivity contribution in [1.29, 1.82) is 0 Å². The fraction of sp³-hybridized carbons (Fsp3) is 0.625. The molecule has 3 atom stereocenters. The number of nitrogens with one attached hydrogen (secondary N) is 1. The summed E-state index contributed by atoms with van der Waals surface area (Å²) in [7, 11) is 0. The van der Waals surface area contributed by atoms with Crippen molar-refractivity contribution in [2.45, 2.75) is 77.0 Å². The summed E-state index contributed by atoms with van der Waals surface area (Å²) < 4.78 is 23.0. The molecule has 0 saturated carbocycles. The number of carbonyl (C=O) groups is 1. The van der Waals surface area contributed by atoms with E-state index >= 15 is 0 Å². The summed E-state index contributed by atoms with van der Waals surface area (Å²) in [5.41, 5.74) is 1.17. The number of carboxylic acid groups (broad SMARTS) is 1. The second-order valence-electron chi connectivity index (χ2n) is 7.80. The van der Waals surface area contributed by atoms with Gasteiger partial charge in [-0.05, 0) is 50.6 Å². The molecule has 0 aliphatic carbocycles. The number of hydrogen-bond acceptors (Lipinski definition) is 6. The zero-order chi connectivity index (χ0) is 23.8. The third-order valence-corrected chi connectivity index (χ3v) is 7.17. The molecule has 1 aromatic carbocycles. The van der Waals surface area contributed by atoms with Crippen LogP contribution < -0.4 is 14.8 Å². The van der Waals surface area contributed by atoms with Crippen LogP contribution >= 0.6 is 12.6 Å². The molecule has 1 aliphatic rings. The molecule has 2 unspecified atom stereocenters. The predicted molar refractivity (Wildman–Crippen MR) is 135 cm³/mol. The van der Waals surface area contributed by atoms with Crippen molar-refractivity contribution in [1.82, 2.24) is 5.32 Å². The maximum atomic E-state index is 12.3. The topological polar surface area (TPSA) is 90.9 Å². The predicted octanol–water partition coefficient (Wildman–Crippen LogP) is 4.95. The highest BCUT2D eigenvalue weighted by atomic mass is 32.2. The van der Waals surface area contributed by atoms with Gasteiger partial charge < -0.3 is 24.4 Å². The van der Waals surface area contributed by atoms with Crippen LogP contribution in [0.4, 0.5) is 0 Å². The molecule has 2 rings (SSSR count). The molecule has 1 aliphatic heterocycles. The largest absolute Gasteiger partial charge is 0.616 e. The highest BCUT2D eigenvalue weighted by Crippen LogP contribution is 2.33. The van der Waals surface area contributed by atoms with Crippen LogP contribution in [-0.2, 0) is 22.4 Å². The number of hydrogen-bond donors (Lipinski definition) is 3. The normalized spacial score (nSPS) is 15.0. The Morgan fingerprint density at radius 3 is 2.59 bits per heavy atom. The quantitative estimate of drug-likeness (QED) is 0.196. The first kappa shape index (κ1) is 28.5. The van der Waals surface area contributed by atoms with Gasteiger partial charge in [0.05, 0.1) is 0 Å². The minimum Gasteiger partial charge on any atom is -0.616 e. The third kappa shape index (κ3) is 11.4. The lowest BCUT2D eigenvalue weighted by atomic mass is 10.1. The Balaban J connectivity index is 0.000000433. The monoisotopic (exact) mass is 485 g/mol. The average Bonchev–Trinajstić information content (AvgIpc) is 3.24. The number of ether oxygens (including phenoxy) is 2. The molecule has 0 saturated heterocycles. The zero-order valence-corrected chi connectivity index (χ0v) is 21.3. The van der Waals surface area contributed by atoms with Crippen molar-refractivity contribution < 1.29 is 23.9 Å². The Morgan fingerprint density at radius 2 is 1.94 bits per heavy atom. The van der Waals surface area contributed by atoms with Crippen molar-refractivity contribution in [3.05, 3.63) is 36.0 Å². The molecule has 2 N–H and O–H groups in total. The van der Waals surface area contributed by atoms with E-state index in [9.17, 15) is 9.35 Å². The number of thiol groups is 1. The second kappa shape index (κ2) is 17.0. The third-order valence-electron chi connectivity index (χ3n) is 5.05. The summed E-state index contributed by atoms with van der Waals surface area (Å²) in [6, 6.07) is 5.42. The Kier molecular flexibility index (Phi) is 15.2. The lowest BCUT2D eigenvalue weighted by Crippen LogP contribution is -2.34. The molecule has 0 radical (unpaired) electrons. The van der Waals surface area contributed by atoms with Gasteiger partial charge in [-0.25, -0.2) is 4.79 Å². The first-order valence-corrected chi connectivity index (χ1v) is 13.4. The van der Waals surface area contributed by atoms with E-state index in [1.165, 1.54) is 37.7 Å². The van der Waals surface area contributed by atoms with Crippen molar-refractivity contribution in [2.24, 2.45) is 0 Å². The first-order valence-electron chi connectivity index (χ1n) is 11.4. The van der Waals surface area contributed by atoms with E-state index in [0.717, 1.165) is 30.1 Å². The van der Waals surface area contributed by atoms with Crippen LogP contribution in [0.1, 0.15) is 64.9 Å². The van der Waals surface area contributed by atoms with Crippen LogP contribution in [0, 0.1) is 0 Å². The van der Waals surface area contributed by atoms with Crippen LogP contribution in [-0.4, -0.2) is 45.2 Å². The number of unbranched alkanes of at least 4 members (excludes halogenated alkanes) is 5. The van der Waals surface area contributed by atoms with E-state index in [1.54, 1.807) is 12.3 Å². The Labute approximate surface area is 201 Å². The number of fused-ring (bicyclic) bond motifs is 1. The van der Waals surface area contributed by atoms with E-state index < -0.39 is 23.2 Å². The van der Waals surface area contributed by atoms with Gasteiger partial charge in [0.2, 0.25) is 6.79 Å². The fourth-order valence-electron chi connectivity index (χ4n) is 3.13. The van der Waals surface area contributed by atoms with Crippen molar-refractivity contribution in [3.63, 3.8) is 0 Å². The summed E-state index contributed by atoms with van der Waals surface area (Å²) in [4.78, 5) is 10.3. The summed E-state index contributed by atoms with van der Waals surface area (Å²) in [5.74, 6) is 1.86. The fourth-order valence-corrected chi connectivity index (χ4v) is 4.66. The van der Waals surface area contributed by atoms with E-state index in [2.05, 4.69) is 31.8 Å². The lowest BCUT2D eigenvalue weighted by Gasteiger charge is -2.18. The lowest BCUT2D eigenvalue weighted by molar-refractivity contribution is -0.138. The molecule has 8 heteroatoms. The maximum Gasteiger partial charge on any atom is 0.326 e. The van der Waals surface area contributed by atoms with Gasteiger partial charge in [0.15, 0.2) is 11.5 Å². The highest BCUT2D eigenvalue weighted by molar-refractivity contribution is 7.92. The van der Waals surface area contributed by atoms with Gasteiger partial charge in [-0.2, -0.15) is 12.6 Å². The van der Waals surface area contributed by atoms with E-state index in [0.29, 0.717) is 12.5 Å². The molecule has 6 nitrogen and oxygen atoms in total. The molecule has 0 amide bonds. The van der Waals surface area contributed by atoms with E-state index in [4.69, 9.17) is 14.6 Å². The average molecular weight is 486 g/mol. The maximum absolute atomic E-state index is 12.3. The van der Waals surface area contributed by atoms with Gasteiger partial charge in [0.25, 0.3) is 0 Å². The minimum atomic E-state index is -0.881. The molecule has 0 aromatic heterocycles. The first-order chi connectivity index (χ1) is 15.4. The molecule has 182 valence electrons. The van der Waals surface area contributed by atoms with Gasteiger partial charge in [0, 0.05) is 12.2 Å². The number of benzene rings is 1. The van der Waals surface area contributed by atoms with Crippen molar-refractivity contribution in [2.75, 3.05) is 18.3 Å². The minimum absolute atomic E-state index is 0.191. The zero-order valence-electron chi connectivity index (χ0n) is 19.5. The van der Waals surface area contributed by atoms with Gasteiger partial charge in [0.1, 0.15) is 17.0 Å². The number of carboxylic acids is 1. The molecule has 0 fully saturated rings. The second-order valence-corrected chi connectivity index (χ2v) is 10.1. The molecule has 1 heterocycles. The van der Waals surface area contributed by atoms with E-state index in [1.807, 2.05) is 25.1 Å². The van der Waals surface area contributed by atoms with Crippen LogP contribution in [0.3, 0.4) is 0 Å². The summed E-state index contributed by atoms with van der Waals surface area (Å²) in [6.45, 7) is 6.42. The van der Waals surface area contributed by atoms with Crippen LogP contribution in [0.5, 0.6) is 11.5 Å². The summed E-state index contributed by atoms with van der Waals surface area (Å²) in [6.07, 6.45) is 11.7. The standard InChI is InChI=1S/C18H28O3S.C6H11NO2S/c1-3-4-5-6-7-8-11-22(19)15(2)12-16-9-10-17-18(13-16)21-14-20-17;1-2-3-7-5(4-10)6(8)9/h9-10,13,15H,3-8,11-12,14H2,1-2H3;2-3,5,7,10H,4H2,1H3,(H,8,9)/b;3-2-/t;5-/m.1/s1. The van der Waals surface area contributed by atoms with Crippen molar-refractivity contribution >= 4 is 29.8 Å². The van der Waals surface area contributed by atoms with Crippen LogP contribution in [0.15, 0.2) is 30.5 Å². The molecular formula is C24H39NO5S2. The number of allylic oxidation sites excluding steroid dienone is 1. The summed E-state index contributed by atoms with van der Waals surface area (Å²) in [5, 5.41) is 11.3. The molecule has 1 aromatic rings. The summed E-state index contributed by atoms with van der Waals surface area (Å²) >= 11 is 3.11. The van der Waals surface area contributed by atoms with Crippen LogP contribution in [0.2, 0.25) is 0 Å². The highest BCUT2D eigenvalue weighted by Gasteiger charge is 2.19. The molecule has 0 bridgehead atoms. The number of rotatable bonds is 14.